The third kappa shape index (κ3) is 4.12. The van der Waals surface area contributed by atoms with Crippen LogP contribution in [0.1, 0.15) is 23.8 Å². The van der Waals surface area contributed by atoms with Crippen molar-refractivity contribution in [3.05, 3.63) is 54.0 Å². The number of sulfonamides is 1. The molecular weight excluding hydrogens is 358 g/mol. The fraction of sp³-hybridized carbons (Fsp3) is 0.294. The first-order chi connectivity index (χ1) is 12.4. The molecule has 0 spiro atoms. The Labute approximate surface area is 151 Å². The molecule has 1 aliphatic heterocycles. The highest BCUT2D eigenvalue weighted by atomic mass is 32.2. The zero-order chi connectivity index (χ0) is 18.7. The Morgan fingerprint density at radius 2 is 2.08 bits per heavy atom. The van der Waals surface area contributed by atoms with Crippen molar-refractivity contribution in [3.63, 3.8) is 0 Å². The molecule has 2 heterocycles. The molecule has 1 amide bonds. The summed E-state index contributed by atoms with van der Waals surface area (Å²) in [6.45, 7) is -0.0782. The van der Waals surface area contributed by atoms with Crippen molar-refractivity contribution in [2.75, 3.05) is 24.7 Å². The molecule has 0 bridgehead atoms. The zero-order valence-electron chi connectivity index (χ0n) is 14.4. The van der Waals surface area contributed by atoms with E-state index in [-0.39, 0.29) is 18.6 Å². The van der Waals surface area contributed by atoms with Crippen LogP contribution in [0, 0.1) is 0 Å². The molecule has 0 saturated carbocycles. The lowest BCUT2D eigenvalue weighted by molar-refractivity contribution is -0.137. The number of anilines is 1. The fourth-order valence-corrected chi connectivity index (χ4v) is 3.32. The first-order valence-electron chi connectivity index (χ1n) is 7.87. The van der Waals surface area contributed by atoms with Crippen molar-refractivity contribution in [3.8, 4) is 0 Å². The normalized spacial score (nSPS) is 17.2. The minimum Gasteiger partial charge on any atom is -0.467 e. The summed E-state index contributed by atoms with van der Waals surface area (Å²) < 4.78 is 35.4. The Kier molecular flexibility index (Phi) is 5.10. The van der Waals surface area contributed by atoms with Crippen LogP contribution in [-0.4, -0.2) is 45.0 Å². The second kappa shape index (κ2) is 7.30. The lowest BCUT2D eigenvalue weighted by atomic mass is 10.0. The quantitative estimate of drug-likeness (QED) is 0.829. The molecule has 0 saturated heterocycles. The number of nitrogens with one attached hydrogen (secondary N) is 1. The van der Waals surface area contributed by atoms with E-state index >= 15 is 0 Å². The average molecular weight is 377 g/mol. The van der Waals surface area contributed by atoms with Gasteiger partial charge >= 0.3 is 0 Å². The van der Waals surface area contributed by atoms with Crippen LogP contribution in [0.4, 0.5) is 5.69 Å². The molecular formula is C17H19N3O5S. The number of rotatable bonds is 6. The SMILES string of the molecule is COCC(=O)N1N=C(c2ccc(NS(C)(=O)=O)cc2)C[C@@H]1c1ccco1. The summed E-state index contributed by atoms with van der Waals surface area (Å²) >= 11 is 0. The molecule has 0 radical (unpaired) electrons. The molecule has 0 fully saturated rings. The van der Waals surface area contributed by atoms with Gasteiger partial charge in [-0.15, -0.1) is 0 Å². The molecule has 3 rings (SSSR count). The van der Waals surface area contributed by atoms with Crippen molar-refractivity contribution in [2.45, 2.75) is 12.5 Å². The van der Waals surface area contributed by atoms with Gasteiger partial charge in [-0.2, -0.15) is 5.10 Å². The number of methoxy groups -OCH3 is 1. The molecule has 1 N–H and O–H groups in total. The van der Waals surface area contributed by atoms with Gasteiger partial charge in [-0.3, -0.25) is 9.52 Å². The topological polar surface area (TPSA) is 101 Å². The van der Waals surface area contributed by atoms with E-state index in [9.17, 15) is 13.2 Å². The number of amides is 1. The van der Waals surface area contributed by atoms with Gasteiger partial charge in [0.2, 0.25) is 10.0 Å². The van der Waals surface area contributed by atoms with Crippen molar-refractivity contribution >= 4 is 27.3 Å². The van der Waals surface area contributed by atoms with E-state index in [0.29, 0.717) is 23.6 Å². The molecule has 0 aliphatic carbocycles. The zero-order valence-corrected chi connectivity index (χ0v) is 15.2. The number of carbonyl (C=O) groups excluding carboxylic acids is 1. The molecule has 1 atom stereocenters. The van der Waals surface area contributed by atoms with E-state index in [4.69, 9.17) is 9.15 Å². The highest BCUT2D eigenvalue weighted by molar-refractivity contribution is 7.92. The van der Waals surface area contributed by atoms with Crippen LogP contribution in [0.15, 0.2) is 52.2 Å². The summed E-state index contributed by atoms with van der Waals surface area (Å²) in [7, 11) is -1.88. The van der Waals surface area contributed by atoms with E-state index in [1.54, 1.807) is 42.7 Å². The molecule has 0 unspecified atom stereocenters. The van der Waals surface area contributed by atoms with Crippen LogP contribution in [0.5, 0.6) is 0 Å². The lowest BCUT2D eigenvalue weighted by Crippen LogP contribution is -2.29. The minimum atomic E-state index is -3.33. The van der Waals surface area contributed by atoms with E-state index in [1.807, 2.05) is 0 Å². The van der Waals surface area contributed by atoms with Gasteiger partial charge in [0, 0.05) is 19.2 Å². The van der Waals surface area contributed by atoms with Crippen molar-refractivity contribution in [1.29, 1.82) is 0 Å². The minimum absolute atomic E-state index is 0.0782. The van der Waals surface area contributed by atoms with E-state index < -0.39 is 10.0 Å². The standard InChI is InChI=1S/C17H19N3O5S/c1-24-11-17(21)20-15(16-4-3-9-25-16)10-14(18-20)12-5-7-13(8-6-12)19-26(2,22)23/h3-9,15,19H,10-11H2,1-2H3/t15-/m1/s1. The van der Waals surface area contributed by atoms with E-state index in [0.717, 1.165) is 11.8 Å². The van der Waals surface area contributed by atoms with Gasteiger partial charge in [0.05, 0.1) is 18.2 Å². The Morgan fingerprint density at radius 3 is 2.65 bits per heavy atom. The van der Waals surface area contributed by atoms with Gasteiger partial charge in [0.15, 0.2) is 0 Å². The smallest absolute Gasteiger partial charge is 0.269 e. The predicted molar refractivity (Wildman–Crippen MR) is 96.2 cm³/mol. The predicted octanol–water partition coefficient (Wildman–Crippen LogP) is 1.98. The van der Waals surface area contributed by atoms with E-state index in [1.165, 1.54) is 12.1 Å². The number of ether oxygens (including phenoxy) is 1. The summed E-state index contributed by atoms with van der Waals surface area (Å²) in [4.78, 5) is 12.3. The molecule has 1 aromatic carbocycles. The van der Waals surface area contributed by atoms with Gasteiger partial charge in [-0.25, -0.2) is 13.4 Å². The average Bonchev–Trinajstić information content (AvgIpc) is 3.23. The molecule has 8 nitrogen and oxygen atoms in total. The maximum absolute atomic E-state index is 12.3. The molecule has 9 heteroatoms. The van der Waals surface area contributed by atoms with Crippen LogP contribution in [0.2, 0.25) is 0 Å². The summed E-state index contributed by atoms with van der Waals surface area (Å²) in [5.41, 5.74) is 1.97. The summed E-state index contributed by atoms with van der Waals surface area (Å²) in [6, 6.07) is 10.1. The third-order valence-electron chi connectivity index (χ3n) is 3.83. The van der Waals surface area contributed by atoms with Crippen LogP contribution in [-0.2, 0) is 19.6 Å². The first-order valence-corrected chi connectivity index (χ1v) is 9.76. The molecule has 1 aromatic heterocycles. The number of hydrogen-bond acceptors (Lipinski definition) is 6. The van der Waals surface area contributed by atoms with Crippen LogP contribution in [0.25, 0.3) is 0 Å². The van der Waals surface area contributed by atoms with Crippen LogP contribution >= 0.6 is 0 Å². The summed E-state index contributed by atoms with van der Waals surface area (Å²) in [5.74, 6) is 0.378. The number of benzene rings is 1. The Balaban J connectivity index is 1.85. The Bertz CT molecular complexity index is 904. The molecule has 138 valence electrons. The molecule has 1 aliphatic rings. The highest BCUT2D eigenvalue weighted by Gasteiger charge is 2.34. The maximum Gasteiger partial charge on any atom is 0.269 e. The Hall–Kier alpha value is -2.65. The van der Waals surface area contributed by atoms with E-state index in [2.05, 4.69) is 9.82 Å². The second-order valence-corrected chi connectivity index (χ2v) is 7.65. The molecule has 2 aromatic rings. The number of hydrogen-bond donors (Lipinski definition) is 1. The van der Waals surface area contributed by atoms with Gasteiger partial charge < -0.3 is 9.15 Å². The van der Waals surface area contributed by atoms with Crippen molar-refractivity contribution in [1.82, 2.24) is 5.01 Å². The number of nitrogens with zero attached hydrogens (tertiary/aromatic N) is 2. The monoisotopic (exact) mass is 377 g/mol. The second-order valence-electron chi connectivity index (χ2n) is 5.90. The number of furan rings is 1. The van der Waals surface area contributed by atoms with Crippen molar-refractivity contribution < 1.29 is 22.4 Å². The molecule has 26 heavy (non-hydrogen) atoms. The van der Waals surface area contributed by atoms with Crippen LogP contribution < -0.4 is 4.72 Å². The van der Waals surface area contributed by atoms with Crippen LogP contribution in [0.3, 0.4) is 0 Å². The number of hydrazone groups is 1. The number of carbonyl (C=O) groups is 1. The fourth-order valence-electron chi connectivity index (χ4n) is 2.75. The van der Waals surface area contributed by atoms with Gasteiger partial charge in [-0.05, 0) is 29.8 Å². The highest BCUT2D eigenvalue weighted by Crippen LogP contribution is 2.33. The maximum atomic E-state index is 12.3. The lowest BCUT2D eigenvalue weighted by Gasteiger charge is -2.19. The third-order valence-corrected chi connectivity index (χ3v) is 4.43. The van der Waals surface area contributed by atoms with Gasteiger partial charge in [-0.1, -0.05) is 12.1 Å². The largest absolute Gasteiger partial charge is 0.467 e. The van der Waals surface area contributed by atoms with Gasteiger partial charge in [0.25, 0.3) is 5.91 Å². The first kappa shape index (κ1) is 18.2. The summed E-state index contributed by atoms with van der Waals surface area (Å²) in [6.07, 6.45) is 3.13. The van der Waals surface area contributed by atoms with Gasteiger partial charge in [0.1, 0.15) is 18.4 Å². The van der Waals surface area contributed by atoms with Crippen molar-refractivity contribution in [2.24, 2.45) is 5.10 Å². The Morgan fingerprint density at radius 1 is 1.35 bits per heavy atom. The summed E-state index contributed by atoms with van der Waals surface area (Å²) in [5, 5.41) is 5.82.